The lowest BCUT2D eigenvalue weighted by molar-refractivity contribution is 0.0658. The molecule has 0 aliphatic carbocycles. The molecule has 1 amide bonds. The highest BCUT2D eigenvalue weighted by Gasteiger charge is 2.18. The number of amides is 1. The normalized spacial score (nSPS) is 10.8. The molecule has 112 valence electrons. The Balaban J connectivity index is 2.41. The number of halogens is 1. The third-order valence-electron chi connectivity index (χ3n) is 3.14. The first-order valence-corrected chi connectivity index (χ1v) is 6.99. The van der Waals surface area contributed by atoms with Crippen LogP contribution >= 0.6 is 11.6 Å². The molecule has 0 aliphatic heterocycles. The first kappa shape index (κ1) is 15.7. The number of methoxy groups -OCH3 is 1. The van der Waals surface area contributed by atoms with E-state index in [2.05, 4.69) is 4.98 Å². The number of hydrogen-bond donors (Lipinski definition) is 1. The van der Waals surface area contributed by atoms with Crippen molar-refractivity contribution in [1.82, 2.24) is 9.88 Å². The molecule has 2 rings (SSSR count). The number of pyridine rings is 1. The molecule has 0 atom stereocenters. The highest BCUT2D eigenvalue weighted by Crippen LogP contribution is 2.22. The summed E-state index contributed by atoms with van der Waals surface area (Å²) < 4.78 is 5.00. The maximum absolute atomic E-state index is 12.7. The summed E-state index contributed by atoms with van der Waals surface area (Å²) >= 11 is 6.00. The van der Waals surface area contributed by atoms with E-state index in [0.717, 1.165) is 5.39 Å². The zero-order chi connectivity index (χ0) is 15.2. The van der Waals surface area contributed by atoms with Gasteiger partial charge in [0.1, 0.15) is 5.15 Å². The van der Waals surface area contributed by atoms with E-state index in [4.69, 9.17) is 21.4 Å². The fraction of sp³-hybridized carbons (Fsp3) is 0.333. The molecule has 5 nitrogen and oxygen atoms in total. The van der Waals surface area contributed by atoms with Gasteiger partial charge in [0.15, 0.2) is 0 Å². The topological polar surface area (TPSA) is 62.7 Å². The molecule has 0 unspecified atom stereocenters. The van der Waals surface area contributed by atoms with Gasteiger partial charge in [0.25, 0.3) is 5.91 Å². The van der Waals surface area contributed by atoms with Crippen LogP contribution in [0.4, 0.5) is 0 Å². The lowest BCUT2D eigenvalue weighted by atomic mass is 10.1. The van der Waals surface area contributed by atoms with Crippen LogP contribution in [-0.4, -0.2) is 54.3 Å². The minimum absolute atomic E-state index is 0.105. The van der Waals surface area contributed by atoms with Crippen LogP contribution in [0, 0.1) is 0 Å². The van der Waals surface area contributed by atoms with Crippen LogP contribution in [0.5, 0.6) is 0 Å². The van der Waals surface area contributed by atoms with Crippen molar-refractivity contribution in [3.8, 4) is 0 Å². The number of aliphatic hydroxyl groups excluding tert-OH is 1. The number of carbonyl (C=O) groups is 1. The van der Waals surface area contributed by atoms with Crippen molar-refractivity contribution in [2.24, 2.45) is 0 Å². The molecule has 0 spiro atoms. The molecule has 21 heavy (non-hydrogen) atoms. The van der Waals surface area contributed by atoms with Crippen molar-refractivity contribution < 1.29 is 14.6 Å². The molecule has 0 radical (unpaired) electrons. The quantitative estimate of drug-likeness (QED) is 0.829. The van der Waals surface area contributed by atoms with E-state index in [1.54, 1.807) is 18.1 Å². The maximum atomic E-state index is 12.7. The number of hydrogen-bond acceptors (Lipinski definition) is 4. The number of rotatable bonds is 6. The number of nitrogens with zero attached hydrogens (tertiary/aromatic N) is 2. The van der Waals surface area contributed by atoms with Gasteiger partial charge in [-0.15, -0.1) is 0 Å². The van der Waals surface area contributed by atoms with Gasteiger partial charge < -0.3 is 14.7 Å². The Kier molecular flexibility index (Phi) is 5.50. The minimum Gasteiger partial charge on any atom is -0.395 e. The van der Waals surface area contributed by atoms with E-state index in [9.17, 15) is 4.79 Å². The summed E-state index contributed by atoms with van der Waals surface area (Å²) in [7, 11) is 1.57. The molecular weight excluding hydrogens is 292 g/mol. The summed E-state index contributed by atoms with van der Waals surface area (Å²) in [6.07, 6.45) is 0. The largest absolute Gasteiger partial charge is 0.395 e. The number of ether oxygens (including phenoxy) is 1. The molecule has 1 heterocycles. The summed E-state index contributed by atoms with van der Waals surface area (Å²) in [5, 5.41) is 10.1. The number of para-hydroxylation sites is 1. The molecule has 6 heteroatoms. The second-order valence-electron chi connectivity index (χ2n) is 4.52. The number of benzene rings is 1. The molecular formula is C15H17ClN2O3. The fourth-order valence-electron chi connectivity index (χ4n) is 2.13. The molecule has 0 saturated heterocycles. The van der Waals surface area contributed by atoms with Crippen LogP contribution in [-0.2, 0) is 4.74 Å². The predicted molar refractivity (Wildman–Crippen MR) is 81.6 cm³/mol. The van der Waals surface area contributed by atoms with E-state index in [1.165, 1.54) is 0 Å². The summed E-state index contributed by atoms with van der Waals surface area (Å²) in [6.45, 7) is 0.954. The van der Waals surface area contributed by atoms with Crippen molar-refractivity contribution in [2.45, 2.75) is 0 Å². The lowest BCUT2D eigenvalue weighted by Crippen LogP contribution is -2.36. The lowest BCUT2D eigenvalue weighted by Gasteiger charge is -2.22. The van der Waals surface area contributed by atoms with Crippen LogP contribution < -0.4 is 0 Å². The number of fused-ring (bicyclic) bond motifs is 1. The second kappa shape index (κ2) is 7.36. The Labute approximate surface area is 128 Å². The Bertz CT molecular complexity index is 633. The predicted octanol–water partition coefficient (Wildman–Crippen LogP) is 1.97. The fourth-order valence-corrected chi connectivity index (χ4v) is 2.33. The minimum atomic E-state index is -0.193. The van der Waals surface area contributed by atoms with Gasteiger partial charge in [-0.05, 0) is 12.1 Å². The van der Waals surface area contributed by atoms with Crippen LogP contribution in [0.15, 0.2) is 30.3 Å². The van der Waals surface area contributed by atoms with Gasteiger partial charge in [-0.2, -0.15) is 0 Å². The van der Waals surface area contributed by atoms with Gasteiger partial charge in [-0.3, -0.25) is 4.79 Å². The average Bonchev–Trinajstić information content (AvgIpc) is 2.50. The van der Waals surface area contributed by atoms with Crippen molar-refractivity contribution in [3.63, 3.8) is 0 Å². The summed E-state index contributed by atoms with van der Waals surface area (Å²) in [5.74, 6) is -0.193. The van der Waals surface area contributed by atoms with E-state index in [0.29, 0.717) is 24.2 Å². The van der Waals surface area contributed by atoms with Crippen LogP contribution in [0.3, 0.4) is 0 Å². The van der Waals surface area contributed by atoms with Gasteiger partial charge in [-0.25, -0.2) is 4.98 Å². The molecule has 0 saturated carbocycles. The zero-order valence-electron chi connectivity index (χ0n) is 11.8. The van der Waals surface area contributed by atoms with Crippen molar-refractivity contribution in [3.05, 3.63) is 41.0 Å². The molecule has 1 aromatic heterocycles. The second-order valence-corrected chi connectivity index (χ2v) is 4.91. The first-order chi connectivity index (χ1) is 10.2. The monoisotopic (exact) mass is 308 g/mol. The highest BCUT2D eigenvalue weighted by molar-refractivity contribution is 6.30. The summed E-state index contributed by atoms with van der Waals surface area (Å²) in [4.78, 5) is 18.4. The van der Waals surface area contributed by atoms with Crippen molar-refractivity contribution in [2.75, 3.05) is 33.4 Å². The molecule has 1 N–H and O–H groups in total. The molecule has 0 fully saturated rings. The van der Waals surface area contributed by atoms with Gasteiger partial charge in [0.2, 0.25) is 0 Å². The maximum Gasteiger partial charge on any atom is 0.254 e. The Morgan fingerprint density at radius 2 is 2.14 bits per heavy atom. The smallest absolute Gasteiger partial charge is 0.254 e. The van der Waals surface area contributed by atoms with Gasteiger partial charge in [-0.1, -0.05) is 29.8 Å². The van der Waals surface area contributed by atoms with Gasteiger partial charge in [0, 0.05) is 25.6 Å². The Morgan fingerprint density at radius 3 is 2.86 bits per heavy atom. The van der Waals surface area contributed by atoms with E-state index in [1.807, 2.05) is 24.3 Å². The van der Waals surface area contributed by atoms with Crippen LogP contribution in [0.2, 0.25) is 5.15 Å². The van der Waals surface area contributed by atoms with Gasteiger partial charge in [0.05, 0.1) is 24.3 Å². The third-order valence-corrected chi connectivity index (χ3v) is 3.33. The molecule has 0 aliphatic rings. The molecule has 1 aromatic carbocycles. The third kappa shape index (κ3) is 3.69. The number of aliphatic hydroxyl groups is 1. The Hall–Kier alpha value is -1.69. The van der Waals surface area contributed by atoms with E-state index in [-0.39, 0.29) is 24.2 Å². The molecule has 0 bridgehead atoms. The van der Waals surface area contributed by atoms with Crippen LogP contribution in [0.25, 0.3) is 10.9 Å². The SMILES string of the molecule is COCCN(CCO)C(=O)c1cc(Cl)nc2ccccc12. The standard InChI is InChI=1S/C15H17ClN2O3/c1-21-9-7-18(6-8-19)15(20)12-10-14(16)17-13-5-3-2-4-11(12)13/h2-5,10,19H,6-9H2,1H3. The van der Waals surface area contributed by atoms with Crippen molar-refractivity contribution in [1.29, 1.82) is 0 Å². The first-order valence-electron chi connectivity index (χ1n) is 6.61. The van der Waals surface area contributed by atoms with Crippen LogP contribution in [0.1, 0.15) is 10.4 Å². The highest BCUT2D eigenvalue weighted by atomic mass is 35.5. The number of carbonyl (C=O) groups excluding carboxylic acids is 1. The van der Waals surface area contributed by atoms with E-state index >= 15 is 0 Å². The summed E-state index contributed by atoms with van der Waals surface area (Å²) in [5.41, 5.74) is 1.15. The molecule has 2 aromatic rings. The zero-order valence-corrected chi connectivity index (χ0v) is 12.5. The average molecular weight is 309 g/mol. The van der Waals surface area contributed by atoms with Crippen molar-refractivity contribution >= 4 is 28.4 Å². The Morgan fingerprint density at radius 1 is 1.38 bits per heavy atom. The van der Waals surface area contributed by atoms with E-state index < -0.39 is 0 Å². The summed E-state index contributed by atoms with van der Waals surface area (Å²) in [6, 6.07) is 8.89. The number of aromatic nitrogens is 1. The van der Waals surface area contributed by atoms with Gasteiger partial charge >= 0.3 is 0 Å².